The van der Waals surface area contributed by atoms with Gasteiger partial charge in [-0.2, -0.15) is 0 Å². The number of nitrogens with one attached hydrogen (secondary N) is 1. The monoisotopic (exact) mass is 371 g/mol. The van der Waals surface area contributed by atoms with Gasteiger partial charge in [-0.1, -0.05) is 30.3 Å². The Balaban J connectivity index is 1.43. The molecule has 0 bridgehead atoms. The first-order valence-corrected chi connectivity index (χ1v) is 9.78. The lowest BCUT2D eigenvalue weighted by Gasteiger charge is -2.34. The Morgan fingerprint density at radius 2 is 1.56 bits per heavy atom. The van der Waals surface area contributed by atoms with Gasteiger partial charge in [0.05, 0.1) is 12.2 Å². The van der Waals surface area contributed by atoms with Gasteiger partial charge in [-0.15, -0.1) is 0 Å². The summed E-state index contributed by atoms with van der Waals surface area (Å²) in [5, 5.41) is 12.1. The van der Waals surface area contributed by atoms with Crippen LogP contribution < -0.4 is 5.32 Å². The summed E-state index contributed by atoms with van der Waals surface area (Å²) in [7, 11) is 0. The molecule has 1 aliphatic heterocycles. The molecule has 2 fully saturated rings. The van der Waals surface area contributed by atoms with Crippen LogP contribution in [0.5, 0.6) is 0 Å². The Labute approximate surface area is 160 Å². The van der Waals surface area contributed by atoms with Crippen LogP contribution in [-0.2, 0) is 9.59 Å². The van der Waals surface area contributed by atoms with E-state index in [1.165, 1.54) is 0 Å². The highest BCUT2D eigenvalue weighted by Gasteiger charge is 2.31. The van der Waals surface area contributed by atoms with Crippen LogP contribution in [0.25, 0.3) is 0 Å². The van der Waals surface area contributed by atoms with Gasteiger partial charge in [0.1, 0.15) is 0 Å². The van der Waals surface area contributed by atoms with Crippen LogP contribution in [0.4, 0.5) is 0 Å². The van der Waals surface area contributed by atoms with Crippen molar-refractivity contribution in [2.75, 3.05) is 52.4 Å². The fourth-order valence-electron chi connectivity index (χ4n) is 3.79. The van der Waals surface area contributed by atoms with E-state index in [9.17, 15) is 9.59 Å². The average Bonchev–Trinajstić information content (AvgIpc) is 2.69. The second kappa shape index (κ2) is 9.78. The number of allylic oxidation sites excluding steroid dienone is 1. The molecule has 6 nitrogen and oxygen atoms in total. The van der Waals surface area contributed by atoms with E-state index in [1.54, 1.807) is 6.20 Å². The first-order valence-electron chi connectivity index (χ1n) is 9.78. The van der Waals surface area contributed by atoms with Crippen molar-refractivity contribution in [2.45, 2.75) is 18.8 Å². The Morgan fingerprint density at radius 1 is 0.963 bits per heavy atom. The number of hydrogen-bond donors (Lipinski definition) is 2. The van der Waals surface area contributed by atoms with Gasteiger partial charge in [-0.25, -0.2) is 0 Å². The number of piperazine rings is 1. The molecule has 1 aromatic carbocycles. The number of carbonyl (C=O) groups is 2. The maximum Gasteiger partial charge on any atom is 0.168 e. The van der Waals surface area contributed by atoms with Gasteiger partial charge >= 0.3 is 0 Å². The van der Waals surface area contributed by atoms with Crippen molar-refractivity contribution in [3.63, 3.8) is 0 Å². The lowest BCUT2D eigenvalue weighted by molar-refractivity contribution is -0.124. The van der Waals surface area contributed by atoms with Gasteiger partial charge in [-0.3, -0.25) is 19.4 Å². The molecule has 146 valence electrons. The smallest absolute Gasteiger partial charge is 0.168 e. The average molecular weight is 371 g/mol. The number of aliphatic hydroxyl groups is 1. The molecule has 2 aliphatic rings. The summed E-state index contributed by atoms with van der Waals surface area (Å²) < 4.78 is 0. The molecule has 27 heavy (non-hydrogen) atoms. The lowest BCUT2D eigenvalue weighted by Crippen LogP contribution is -2.48. The minimum absolute atomic E-state index is 0.00133. The number of benzene rings is 1. The summed E-state index contributed by atoms with van der Waals surface area (Å²) in [5.41, 5.74) is 1.38. The fourth-order valence-corrected chi connectivity index (χ4v) is 3.79. The number of hydrogen-bond acceptors (Lipinski definition) is 6. The zero-order valence-electron chi connectivity index (χ0n) is 15.8. The molecule has 0 spiro atoms. The number of aliphatic hydroxyl groups excluding tert-OH is 1. The topological polar surface area (TPSA) is 72.9 Å². The maximum absolute atomic E-state index is 12.4. The second-order valence-corrected chi connectivity index (χ2v) is 7.28. The van der Waals surface area contributed by atoms with Crippen LogP contribution in [0.15, 0.2) is 42.1 Å². The van der Waals surface area contributed by atoms with Crippen molar-refractivity contribution in [3.05, 3.63) is 47.7 Å². The van der Waals surface area contributed by atoms with E-state index in [0.717, 1.165) is 44.8 Å². The van der Waals surface area contributed by atoms with Crippen LogP contribution in [0, 0.1) is 0 Å². The molecular weight excluding hydrogens is 342 g/mol. The molecule has 2 N–H and O–H groups in total. The van der Waals surface area contributed by atoms with Gasteiger partial charge < -0.3 is 10.4 Å². The summed E-state index contributed by atoms with van der Waals surface area (Å²) in [6.45, 7) is 6.45. The predicted octanol–water partition coefficient (Wildman–Crippen LogP) is 0.786. The number of nitrogens with zero attached hydrogens (tertiary/aromatic N) is 2. The molecule has 1 aliphatic carbocycles. The van der Waals surface area contributed by atoms with Crippen molar-refractivity contribution in [1.82, 2.24) is 15.1 Å². The van der Waals surface area contributed by atoms with Crippen LogP contribution in [0.1, 0.15) is 24.3 Å². The van der Waals surface area contributed by atoms with Crippen LogP contribution in [0.2, 0.25) is 0 Å². The molecule has 1 aromatic rings. The van der Waals surface area contributed by atoms with Crippen molar-refractivity contribution >= 4 is 11.6 Å². The zero-order chi connectivity index (χ0) is 19.1. The lowest BCUT2D eigenvalue weighted by atomic mass is 9.80. The second-order valence-electron chi connectivity index (χ2n) is 7.28. The molecule has 0 radical (unpaired) electrons. The summed E-state index contributed by atoms with van der Waals surface area (Å²) in [6, 6.07) is 9.80. The molecule has 1 saturated heterocycles. The molecule has 3 rings (SSSR count). The highest BCUT2D eigenvalue weighted by Crippen LogP contribution is 2.31. The summed E-state index contributed by atoms with van der Waals surface area (Å²) in [6.07, 6.45) is 2.42. The van der Waals surface area contributed by atoms with Crippen LogP contribution in [0.3, 0.4) is 0 Å². The van der Waals surface area contributed by atoms with E-state index in [1.807, 2.05) is 30.3 Å². The molecular formula is C21H29N3O3. The normalized spacial score (nSPS) is 22.1. The summed E-state index contributed by atoms with van der Waals surface area (Å²) in [4.78, 5) is 29.4. The standard InChI is InChI=1S/C21H29N3O3/c25-13-12-24-10-8-23(9-11-24)7-6-22-16-19-20(26)14-18(15-21(19)27)17-4-2-1-3-5-17/h1-5,16,18,22,25H,6-15H2. The Morgan fingerprint density at radius 3 is 2.15 bits per heavy atom. The molecule has 0 atom stereocenters. The van der Waals surface area contributed by atoms with E-state index < -0.39 is 0 Å². The first-order chi connectivity index (χ1) is 13.2. The number of β-amino-alcohol motifs (C(OH)–C–C–N with tert-alkyl or cyclic N) is 1. The summed E-state index contributed by atoms with van der Waals surface area (Å²) >= 11 is 0. The minimum atomic E-state index is -0.0646. The van der Waals surface area contributed by atoms with Crippen LogP contribution in [-0.4, -0.2) is 78.9 Å². The third-order valence-corrected chi connectivity index (χ3v) is 5.44. The minimum Gasteiger partial charge on any atom is -0.395 e. The van der Waals surface area contributed by atoms with Crippen molar-refractivity contribution < 1.29 is 14.7 Å². The van der Waals surface area contributed by atoms with Crippen molar-refractivity contribution in [1.29, 1.82) is 0 Å². The van der Waals surface area contributed by atoms with Gasteiger partial charge in [0.2, 0.25) is 0 Å². The third kappa shape index (κ3) is 5.48. The van der Waals surface area contributed by atoms with E-state index in [0.29, 0.717) is 25.0 Å². The van der Waals surface area contributed by atoms with Gasteiger partial charge in [0.25, 0.3) is 0 Å². The Hall–Kier alpha value is -2.02. The molecule has 0 aromatic heterocycles. The predicted molar refractivity (Wildman–Crippen MR) is 104 cm³/mol. The largest absolute Gasteiger partial charge is 0.395 e. The third-order valence-electron chi connectivity index (χ3n) is 5.44. The summed E-state index contributed by atoms with van der Waals surface area (Å²) in [5.74, 6) is -0.131. The highest BCUT2D eigenvalue weighted by atomic mass is 16.3. The molecule has 0 amide bonds. The molecule has 6 heteroatoms. The SMILES string of the molecule is O=C1CC(c2ccccc2)CC(=O)C1=CNCCN1CCN(CCO)CC1. The number of rotatable bonds is 7. The fraction of sp³-hybridized carbons (Fsp3) is 0.524. The van der Waals surface area contributed by atoms with Gasteiger partial charge in [0, 0.05) is 64.9 Å². The molecule has 1 heterocycles. The first kappa shape index (κ1) is 19.7. The maximum atomic E-state index is 12.4. The van der Waals surface area contributed by atoms with E-state index >= 15 is 0 Å². The quantitative estimate of drug-likeness (QED) is 0.419. The van der Waals surface area contributed by atoms with Gasteiger partial charge in [0.15, 0.2) is 11.6 Å². The van der Waals surface area contributed by atoms with Crippen molar-refractivity contribution in [2.24, 2.45) is 0 Å². The Kier molecular flexibility index (Phi) is 7.15. The van der Waals surface area contributed by atoms with E-state index in [2.05, 4.69) is 15.1 Å². The molecule has 1 saturated carbocycles. The number of ketones is 2. The zero-order valence-corrected chi connectivity index (χ0v) is 15.8. The molecule has 0 unspecified atom stereocenters. The van der Waals surface area contributed by atoms with E-state index in [4.69, 9.17) is 5.11 Å². The highest BCUT2D eigenvalue weighted by molar-refractivity contribution is 6.22. The number of carbonyl (C=O) groups excluding carboxylic acids is 2. The van der Waals surface area contributed by atoms with Crippen LogP contribution >= 0.6 is 0 Å². The van der Waals surface area contributed by atoms with Crippen molar-refractivity contribution in [3.8, 4) is 0 Å². The number of Topliss-reactive ketones (excluding diaryl/α,β-unsaturated/α-hetero) is 2. The van der Waals surface area contributed by atoms with Gasteiger partial charge in [-0.05, 0) is 11.5 Å². The Bertz CT molecular complexity index is 647. The van der Waals surface area contributed by atoms with E-state index in [-0.39, 0.29) is 24.1 Å².